The predicted octanol–water partition coefficient (Wildman–Crippen LogP) is 2.36. The third-order valence-electron chi connectivity index (χ3n) is 4.82. The summed E-state index contributed by atoms with van der Waals surface area (Å²) in [6.45, 7) is 3.45. The van der Waals surface area contributed by atoms with Gasteiger partial charge in [0.25, 0.3) is 5.91 Å². The van der Waals surface area contributed by atoms with Gasteiger partial charge >= 0.3 is 0 Å². The van der Waals surface area contributed by atoms with Gasteiger partial charge in [0.1, 0.15) is 5.82 Å². The molecular weight excluding hydrogens is 285 g/mol. The minimum absolute atomic E-state index is 0.120. The molecule has 2 fully saturated rings. The van der Waals surface area contributed by atoms with Crippen molar-refractivity contribution in [3.8, 4) is 0 Å². The Bertz CT molecular complexity index is 565. The van der Waals surface area contributed by atoms with Crippen LogP contribution < -0.4 is 0 Å². The summed E-state index contributed by atoms with van der Waals surface area (Å²) in [5.74, 6) is -0.750. The highest BCUT2D eigenvalue weighted by molar-refractivity contribution is 5.94. The van der Waals surface area contributed by atoms with E-state index in [2.05, 4.69) is 0 Å². The van der Waals surface area contributed by atoms with Gasteiger partial charge in [-0.25, -0.2) is 4.39 Å². The van der Waals surface area contributed by atoms with Crippen molar-refractivity contribution < 1.29 is 19.0 Å². The first-order valence-electron chi connectivity index (χ1n) is 7.81. The normalized spacial score (nSPS) is 27.9. The van der Waals surface area contributed by atoms with Gasteiger partial charge in [-0.2, -0.15) is 0 Å². The van der Waals surface area contributed by atoms with Crippen LogP contribution in [0.1, 0.15) is 43.0 Å². The SMILES string of the molecule is CC1(O)CCOC2(CCN(C(=O)c3ccccc3F)CC2)C1. The Morgan fingerprint density at radius 2 is 1.95 bits per heavy atom. The molecule has 1 aromatic rings. The standard InChI is InChI=1S/C17H22FNO3/c1-16(21)8-11-22-17(12-16)6-9-19(10-7-17)15(20)13-4-2-3-5-14(13)18/h2-5,21H,6-12H2,1H3. The molecule has 1 N–H and O–H groups in total. The molecule has 5 heteroatoms. The van der Waals surface area contributed by atoms with Crippen LogP contribution in [-0.4, -0.2) is 46.8 Å². The molecule has 0 radical (unpaired) electrons. The van der Waals surface area contributed by atoms with Gasteiger partial charge in [0.2, 0.25) is 0 Å². The average Bonchev–Trinajstić information content (AvgIpc) is 2.47. The molecule has 1 atom stereocenters. The number of piperidine rings is 1. The second kappa shape index (κ2) is 5.63. The van der Waals surface area contributed by atoms with E-state index in [1.54, 1.807) is 17.0 Å². The summed E-state index contributed by atoms with van der Waals surface area (Å²) in [4.78, 5) is 14.1. The zero-order valence-corrected chi connectivity index (χ0v) is 12.8. The number of aliphatic hydroxyl groups is 1. The number of carbonyl (C=O) groups excluding carboxylic acids is 1. The summed E-state index contributed by atoms with van der Waals surface area (Å²) in [5.41, 5.74) is -0.918. The fourth-order valence-corrected chi connectivity index (χ4v) is 3.56. The lowest BCUT2D eigenvalue weighted by Gasteiger charge is -2.48. The van der Waals surface area contributed by atoms with Crippen molar-refractivity contribution >= 4 is 5.91 Å². The van der Waals surface area contributed by atoms with E-state index >= 15 is 0 Å². The average molecular weight is 307 g/mol. The first-order valence-corrected chi connectivity index (χ1v) is 7.81. The molecule has 0 saturated carbocycles. The van der Waals surface area contributed by atoms with E-state index in [0.29, 0.717) is 45.4 Å². The summed E-state index contributed by atoms with van der Waals surface area (Å²) in [6, 6.07) is 6.07. The molecule has 0 aromatic heterocycles. The van der Waals surface area contributed by atoms with Crippen molar-refractivity contribution in [2.75, 3.05) is 19.7 Å². The maximum atomic E-state index is 13.7. The molecule has 1 unspecified atom stereocenters. The molecule has 22 heavy (non-hydrogen) atoms. The molecule has 2 saturated heterocycles. The van der Waals surface area contributed by atoms with Crippen LogP contribution in [0.2, 0.25) is 0 Å². The van der Waals surface area contributed by atoms with E-state index < -0.39 is 11.4 Å². The van der Waals surface area contributed by atoms with E-state index in [9.17, 15) is 14.3 Å². The molecule has 1 amide bonds. The molecule has 3 rings (SSSR count). The Balaban J connectivity index is 1.67. The summed E-state index contributed by atoms with van der Waals surface area (Å²) in [6.07, 6.45) is 2.61. The minimum Gasteiger partial charge on any atom is -0.390 e. The summed E-state index contributed by atoms with van der Waals surface area (Å²) < 4.78 is 19.7. The van der Waals surface area contributed by atoms with E-state index in [1.165, 1.54) is 12.1 Å². The number of halogens is 1. The molecule has 2 aliphatic rings. The van der Waals surface area contributed by atoms with E-state index in [1.807, 2.05) is 6.92 Å². The van der Waals surface area contributed by atoms with Crippen LogP contribution >= 0.6 is 0 Å². The van der Waals surface area contributed by atoms with Gasteiger partial charge in [-0.15, -0.1) is 0 Å². The second-order valence-corrected chi connectivity index (χ2v) is 6.73. The maximum Gasteiger partial charge on any atom is 0.256 e. The molecule has 2 aliphatic heterocycles. The first-order chi connectivity index (χ1) is 10.4. The smallest absolute Gasteiger partial charge is 0.256 e. The van der Waals surface area contributed by atoms with E-state index in [4.69, 9.17) is 4.74 Å². The zero-order valence-electron chi connectivity index (χ0n) is 12.8. The van der Waals surface area contributed by atoms with Gasteiger partial charge in [0, 0.05) is 19.5 Å². The van der Waals surface area contributed by atoms with Crippen LogP contribution in [0, 0.1) is 5.82 Å². The largest absolute Gasteiger partial charge is 0.390 e. The molecule has 0 aliphatic carbocycles. The number of hydrogen-bond acceptors (Lipinski definition) is 3. The Morgan fingerprint density at radius 1 is 1.27 bits per heavy atom. The quantitative estimate of drug-likeness (QED) is 0.866. The van der Waals surface area contributed by atoms with Crippen LogP contribution in [0.15, 0.2) is 24.3 Å². The zero-order chi connectivity index (χ0) is 15.8. The Hall–Kier alpha value is -1.46. The minimum atomic E-state index is -0.698. The highest BCUT2D eigenvalue weighted by Gasteiger charge is 2.45. The molecule has 1 spiro atoms. The summed E-state index contributed by atoms with van der Waals surface area (Å²) >= 11 is 0. The van der Waals surface area contributed by atoms with Gasteiger partial charge in [-0.05, 0) is 38.3 Å². The number of hydrogen-bond donors (Lipinski definition) is 1. The number of benzene rings is 1. The van der Waals surface area contributed by atoms with Crippen molar-refractivity contribution in [1.82, 2.24) is 4.90 Å². The van der Waals surface area contributed by atoms with Gasteiger partial charge in [-0.3, -0.25) is 4.79 Å². The van der Waals surface area contributed by atoms with Crippen molar-refractivity contribution in [3.63, 3.8) is 0 Å². The van der Waals surface area contributed by atoms with Crippen LogP contribution in [0.3, 0.4) is 0 Å². The van der Waals surface area contributed by atoms with E-state index in [0.717, 1.165) is 0 Å². The highest BCUT2D eigenvalue weighted by Crippen LogP contribution is 2.39. The maximum absolute atomic E-state index is 13.7. The highest BCUT2D eigenvalue weighted by atomic mass is 19.1. The molecule has 0 bridgehead atoms. The van der Waals surface area contributed by atoms with Crippen molar-refractivity contribution in [2.45, 2.75) is 43.8 Å². The van der Waals surface area contributed by atoms with Crippen molar-refractivity contribution in [2.24, 2.45) is 0 Å². The van der Waals surface area contributed by atoms with Gasteiger partial charge < -0.3 is 14.7 Å². The number of ether oxygens (including phenoxy) is 1. The van der Waals surface area contributed by atoms with Gasteiger partial charge in [0.05, 0.1) is 23.4 Å². The third kappa shape index (κ3) is 3.01. The number of nitrogens with zero attached hydrogens (tertiary/aromatic N) is 1. The van der Waals surface area contributed by atoms with Crippen LogP contribution in [0.4, 0.5) is 4.39 Å². The monoisotopic (exact) mass is 307 g/mol. The van der Waals surface area contributed by atoms with Crippen LogP contribution in [-0.2, 0) is 4.74 Å². The van der Waals surface area contributed by atoms with Crippen molar-refractivity contribution in [1.29, 1.82) is 0 Å². The number of carbonyl (C=O) groups is 1. The number of rotatable bonds is 1. The van der Waals surface area contributed by atoms with Gasteiger partial charge in [-0.1, -0.05) is 12.1 Å². The third-order valence-corrected chi connectivity index (χ3v) is 4.82. The molecule has 4 nitrogen and oxygen atoms in total. The molecular formula is C17H22FNO3. The van der Waals surface area contributed by atoms with Gasteiger partial charge in [0.15, 0.2) is 0 Å². The summed E-state index contributed by atoms with van der Waals surface area (Å²) in [7, 11) is 0. The van der Waals surface area contributed by atoms with Crippen LogP contribution in [0.25, 0.3) is 0 Å². The predicted molar refractivity (Wildman–Crippen MR) is 80.1 cm³/mol. The lowest BCUT2D eigenvalue weighted by molar-refractivity contribution is -0.170. The fourth-order valence-electron chi connectivity index (χ4n) is 3.56. The molecule has 1 aromatic carbocycles. The Morgan fingerprint density at radius 3 is 2.59 bits per heavy atom. The number of likely N-dealkylation sites (tertiary alicyclic amines) is 1. The topological polar surface area (TPSA) is 49.8 Å². The Kier molecular flexibility index (Phi) is 3.95. The molecule has 2 heterocycles. The number of amides is 1. The lowest BCUT2D eigenvalue weighted by atomic mass is 9.78. The van der Waals surface area contributed by atoms with E-state index in [-0.39, 0.29) is 17.1 Å². The Labute approximate surface area is 129 Å². The fraction of sp³-hybridized carbons (Fsp3) is 0.588. The van der Waals surface area contributed by atoms with Crippen LogP contribution in [0.5, 0.6) is 0 Å². The van der Waals surface area contributed by atoms with Crippen molar-refractivity contribution in [3.05, 3.63) is 35.6 Å². The summed E-state index contributed by atoms with van der Waals surface area (Å²) in [5, 5.41) is 10.3. The molecule has 120 valence electrons. The first kappa shape index (κ1) is 15.4. The second-order valence-electron chi connectivity index (χ2n) is 6.73. The lowest BCUT2D eigenvalue weighted by Crippen LogP contribution is -2.54.